The number of amides is 1. The predicted octanol–water partition coefficient (Wildman–Crippen LogP) is 1.86. The van der Waals surface area contributed by atoms with E-state index in [4.69, 9.17) is 0 Å². The Morgan fingerprint density at radius 3 is 2.62 bits per heavy atom. The van der Waals surface area contributed by atoms with Crippen LogP contribution in [0.1, 0.15) is 28.0 Å². The van der Waals surface area contributed by atoms with E-state index in [-0.39, 0.29) is 5.91 Å². The van der Waals surface area contributed by atoms with E-state index in [1.54, 1.807) is 0 Å². The number of carbonyl (C=O) groups excluding carboxylic acids is 1. The van der Waals surface area contributed by atoms with E-state index in [1.165, 1.54) is 11.4 Å². The number of benzene rings is 1. The molecule has 6 nitrogen and oxygen atoms in total. The number of aryl methyl sites for hydroxylation is 2. The molecule has 2 rings (SSSR count). The second-order valence-corrected chi connectivity index (χ2v) is 8.10. The summed E-state index contributed by atoms with van der Waals surface area (Å²) in [7, 11) is -1.66. The summed E-state index contributed by atoms with van der Waals surface area (Å²) in [6, 6.07) is 7.77. The number of sulfonamides is 1. The molecule has 1 N–H and O–H groups in total. The van der Waals surface area contributed by atoms with E-state index in [2.05, 4.69) is 10.3 Å². The van der Waals surface area contributed by atoms with E-state index < -0.39 is 10.0 Å². The summed E-state index contributed by atoms with van der Waals surface area (Å²) < 4.78 is 23.9. The van der Waals surface area contributed by atoms with Crippen molar-refractivity contribution in [3.8, 4) is 0 Å². The molecule has 0 atom stereocenters. The Morgan fingerprint density at radius 2 is 1.96 bits per heavy atom. The van der Waals surface area contributed by atoms with Gasteiger partial charge in [0.25, 0.3) is 5.91 Å². The topological polar surface area (TPSA) is 79.4 Å². The number of rotatable bonds is 6. The minimum absolute atomic E-state index is 0.190. The van der Waals surface area contributed by atoms with Gasteiger partial charge in [0.2, 0.25) is 10.0 Å². The van der Waals surface area contributed by atoms with Crippen molar-refractivity contribution < 1.29 is 13.2 Å². The maximum Gasteiger partial charge on any atom is 0.253 e. The summed E-state index contributed by atoms with van der Waals surface area (Å²) in [6.07, 6.45) is 1.71. The number of nitrogens with one attached hydrogen (secondary N) is 1. The molecule has 1 aromatic heterocycles. The zero-order valence-corrected chi connectivity index (χ0v) is 15.3. The van der Waals surface area contributed by atoms with Crippen LogP contribution in [0.2, 0.25) is 0 Å². The minimum atomic E-state index is -3.18. The van der Waals surface area contributed by atoms with Crippen molar-refractivity contribution in [2.75, 3.05) is 26.4 Å². The summed E-state index contributed by atoms with van der Waals surface area (Å²) in [6.45, 7) is 4.59. The van der Waals surface area contributed by atoms with Crippen LogP contribution in [0.25, 0.3) is 10.9 Å². The van der Waals surface area contributed by atoms with E-state index >= 15 is 0 Å². The highest BCUT2D eigenvalue weighted by Crippen LogP contribution is 2.18. The molecule has 0 fully saturated rings. The average molecular weight is 349 g/mol. The molecule has 1 heterocycles. The number of nitrogens with zero attached hydrogens (tertiary/aromatic N) is 2. The lowest BCUT2D eigenvalue weighted by Crippen LogP contribution is -2.31. The van der Waals surface area contributed by atoms with Crippen LogP contribution >= 0.6 is 0 Å². The maximum absolute atomic E-state index is 12.3. The lowest BCUT2D eigenvalue weighted by Gasteiger charge is -2.14. The number of hydrogen-bond acceptors (Lipinski definition) is 4. The smallest absolute Gasteiger partial charge is 0.253 e. The summed E-state index contributed by atoms with van der Waals surface area (Å²) >= 11 is 0. The molecule has 0 spiro atoms. The van der Waals surface area contributed by atoms with Crippen molar-refractivity contribution in [3.63, 3.8) is 0 Å². The molecule has 0 saturated heterocycles. The van der Waals surface area contributed by atoms with E-state index in [9.17, 15) is 13.2 Å². The van der Waals surface area contributed by atoms with Crippen molar-refractivity contribution in [1.82, 2.24) is 14.6 Å². The van der Waals surface area contributed by atoms with Gasteiger partial charge in [-0.2, -0.15) is 0 Å². The first-order valence-corrected chi connectivity index (χ1v) is 9.61. The Kier molecular flexibility index (Phi) is 5.56. The monoisotopic (exact) mass is 349 g/mol. The lowest BCUT2D eigenvalue weighted by atomic mass is 10.1. The number of fused-ring (bicyclic) bond motifs is 1. The molecular weight excluding hydrogens is 326 g/mol. The van der Waals surface area contributed by atoms with Gasteiger partial charge in [-0.25, -0.2) is 12.7 Å². The van der Waals surface area contributed by atoms with Gasteiger partial charge in [0.15, 0.2) is 0 Å². The van der Waals surface area contributed by atoms with Gasteiger partial charge in [0, 0.05) is 25.5 Å². The Balaban J connectivity index is 2.01. The van der Waals surface area contributed by atoms with Gasteiger partial charge < -0.3 is 5.32 Å². The van der Waals surface area contributed by atoms with Crippen molar-refractivity contribution in [3.05, 3.63) is 41.1 Å². The molecule has 7 heteroatoms. The van der Waals surface area contributed by atoms with Crippen LogP contribution in [0.15, 0.2) is 24.3 Å². The largest absolute Gasteiger partial charge is 0.352 e. The molecule has 0 aliphatic rings. The molecule has 0 saturated carbocycles. The number of hydrogen-bond donors (Lipinski definition) is 1. The zero-order chi connectivity index (χ0) is 17.9. The highest BCUT2D eigenvalue weighted by atomic mass is 32.2. The third-order valence-electron chi connectivity index (χ3n) is 3.91. The molecular formula is C17H23N3O3S. The van der Waals surface area contributed by atoms with Gasteiger partial charge in [0.1, 0.15) is 0 Å². The molecule has 1 aromatic carbocycles. The number of carbonyl (C=O) groups is 1. The Morgan fingerprint density at radius 1 is 1.25 bits per heavy atom. The standard InChI is InChI=1S/C17H23N3O3S/c1-12-6-7-14-11-15(13(2)19-16(14)10-12)17(21)18-8-5-9-20(3)24(4,22)23/h6-7,10-11H,5,8-9H2,1-4H3,(H,18,21). The van der Waals surface area contributed by atoms with E-state index in [0.717, 1.165) is 22.7 Å². The molecule has 130 valence electrons. The van der Waals surface area contributed by atoms with Gasteiger partial charge in [-0.05, 0) is 38.0 Å². The molecule has 24 heavy (non-hydrogen) atoms. The molecule has 0 radical (unpaired) electrons. The summed E-state index contributed by atoms with van der Waals surface area (Å²) in [5.41, 5.74) is 3.22. The van der Waals surface area contributed by atoms with Crippen LogP contribution in [0, 0.1) is 13.8 Å². The molecule has 1 amide bonds. The van der Waals surface area contributed by atoms with Crippen LogP contribution in [0.5, 0.6) is 0 Å². The average Bonchev–Trinajstić information content (AvgIpc) is 2.49. The van der Waals surface area contributed by atoms with Crippen LogP contribution < -0.4 is 5.32 Å². The van der Waals surface area contributed by atoms with Gasteiger partial charge in [-0.15, -0.1) is 0 Å². The predicted molar refractivity (Wildman–Crippen MR) is 95.6 cm³/mol. The Hall–Kier alpha value is -1.99. The SMILES string of the molecule is Cc1ccc2cc(C(=O)NCCCN(C)S(C)(=O)=O)c(C)nc2c1. The lowest BCUT2D eigenvalue weighted by molar-refractivity contribution is 0.0952. The third kappa shape index (κ3) is 4.52. The summed E-state index contributed by atoms with van der Waals surface area (Å²) in [4.78, 5) is 16.8. The fourth-order valence-electron chi connectivity index (χ4n) is 2.37. The molecule has 2 aromatic rings. The fraction of sp³-hybridized carbons (Fsp3) is 0.412. The number of pyridine rings is 1. The van der Waals surface area contributed by atoms with Crippen molar-refractivity contribution in [2.45, 2.75) is 20.3 Å². The van der Waals surface area contributed by atoms with Crippen LogP contribution in [0.4, 0.5) is 0 Å². The summed E-state index contributed by atoms with van der Waals surface area (Å²) in [5.74, 6) is -0.190. The highest BCUT2D eigenvalue weighted by Gasteiger charge is 2.13. The van der Waals surface area contributed by atoms with Gasteiger partial charge >= 0.3 is 0 Å². The zero-order valence-electron chi connectivity index (χ0n) is 14.5. The van der Waals surface area contributed by atoms with Gasteiger partial charge in [-0.3, -0.25) is 9.78 Å². The highest BCUT2D eigenvalue weighted by molar-refractivity contribution is 7.88. The third-order valence-corrected chi connectivity index (χ3v) is 5.22. The minimum Gasteiger partial charge on any atom is -0.352 e. The van der Waals surface area contributed by atoms with Crippen LogP contribution in [-0.4, -0.2) is 50.0 Å². The fourth-order valence-corrected chi connectivity index (χ4v) is 2.83. The molecule has 0 bridgehead atoms. The first-order valence-electron chi connectivity index (χ1n) is 7.76. The quantitative estimate of drug-likeness (QED) is 0.808. The van der Waals surface area contributed by atoms with Crippen molar-refractivity contribution >= 4 is 26.8 Å². The first-order chi connectivity index (χ1) is 11.2. The second-order valence-electron chi connectivity index (χ2n) is 6.01. The molecule has 0 aliphatic heterocycles. The maximum atomic E-state index is 12.3. The van der Waals surface area contributed by atoms with E-state index in [0.29, 0.717) is 30.8 Å². The Bertz CT molecular complexity index is 863. The van der Waals surface area contributed by atoms with Crippen LogP contribution in [0.3, 0.4) is 0 Å². The second kappa shape index (κ2) is 7.27. The van der Waals surface area contributed by atoms with Crippen molar-refractivity contribution in [1.29, 1.82) is 0 Å². The number of aromatic nitrogens is 1. The normalized spacial score (nSPS) is 11.9. The van der Waals surface area contributed by atoms with E-state index in [1.807, 2.05) is 38.1 Å². The summed E-state index contributed by atoms with van der Waals surface area (Å²) in [5, 5.41) is 3.75. The van der Waals surface area contributed by atoms with Gasteiger partial charge in [0.05, 0.1) is 23.0 Å². The first kappa shape index (κ1) is 18.4. The molecule has 0 unspecified atom stereocenters. The van der Waals surface area contributed by atoms with Gasteiger partial charge in [-0.1, -0.05) is 12.1 Å². The Labute approximate surface area is 142 Å². The molecule has 0 aliphatic carbocycles. The van der Waals surface area contributed by atoms with Crippen LogP contribution in [-0.2, 0) is 10.0 Å². The van der Waals surface area contributed by atoms with Crippen molar-refractivity contribution in [2.24, 2.45) is 0 Å².